The van der Waals surface area contributed by atoms with Crippen molar-refractivity contribution >= 4 is 27.9 Å². The molecule has 1 atom stereocenters. The first kappa shape index (κ1) is 18.8. The highest BCUT2D eigenvalue weighted by Gasteiger charge is 2.29. The zero-order valence-corrected chi connectivity index (χ0v) is 17.6. The van der Waals surface area contributed by atoms with Gasteiger partial charge >= 0.3 is 0 Å². The number of benzene rings is 2. The van der Waals surface area contributed by atoms with Gasteiger partial charge in [0.05, 0.1) is 11.8 Å². The van der Waals surface area contributed by atoms with Gasteiger partial charge in [-0.1, -0.05) is 17.4 Å². The van der Waals surface area contributed by atoms with Gasteiger partial charge < -0.3 is 20.9 Å². The molecule has 2 aromatic carbocycles. The monoisotopic (exact) mass is 422 g/mol. The Morgan fingerprint density at radius 3 is 2.70 bits per heavy atom. The van der Waals surface area contributed by atoms with E-state index in [1.54, 1.807) is 0 Å². The van der Waals surface area contributed by atoms with Crippen molar-refractivity contribution < 1.29 is 9.47 Å². The minimum Gasteiger partial charge on any atom is -0.454 e. The van der Waals surface area contributed by atoms with E-state index in [0.29, 0.717) is 6.54 Å². The summed E-state index contributed by atoms with van der Waals surface area (Å²) in [6.45, 7) is 4.71. The van der Waals surface area contributed by atoms with Crippen molar-refractivity contribution in [2.75, 3.05) is 17.5 Å². The Hall–Kier alpha value is -3.17. The molecule has 0 aliphatic carbocycles. The third-order valence-electron chi connectivity index (χ3n) is 5.36. The molecule has 8 nitrogen and oxygen atoms in total. The van der Waals surface area contributed by atoms with E-state index in [-0.39, 0.29) is 12.8 Å². The van der Waals surface area contributed by atoms with Gasteiger partial charge in [0.1, 0.15) is 5.01 Å². The Bertz CT molecular complexity index is 1160. The summed E-state index contributed by atoms with van der Waals surface area (Å²) in [6.07, 6.45) is 0.768. The van der Waals surface area contributed by atoms with E-state index in [1.165, 1.54) is 11.3 Å². The largest absolute Gasteiger partial charge is 0.454 e. The van der Waals surface area contributed by atoms with Crippen LogP contribution in [0.4, 0.5) is 10.8 Å². The first-order chi connectivity index (χ1) is 14.5. The van der Waals surface area contributed by atoms with Crippen molar-refractivity contribution in [3.63, 3.8) is 0 Å². The number of hydrogen-bond acceptors (Lipinski definition) is 9. The van der Waals surface area contributed by atoms with Gasteiger partial charge in [0.25, 0.3) is 0 Å². The van der Waals surface area contributed by atoms with E-state index in [0.717, 1.165) is 61.7 Å². The summed E-state index contributed by atoms with van der Waals surface area (Å²) in [5.74, 6) is 1.50. The third-order valence-corrected chi connectivity index (χ3v) is 6.30. The molecule has 0 amide bonds. The van der Waals surface area contributed by atoms with Crippen LogP contribution in [0.15, 0.2) is 35.4 Å². The molecule has 0 spiro atoms. The summed E-state index contributed by atoms with van der Waals surface area (Å²) < 4.78 is 11.3. The van der Waals surface area contributed by atoms with Crippen LogP contribution in [0.2, 0.25) is 0 Å². The zero-order chi connectivity index (χ0) is 20.8. The smallest absolute Gasteiger partial charge is 0.231 e. The summed E-state index contributed by atoms with van der Waals surface area (Å²) in [7, 11) is 0. The fourth-order valence-corrected chi connectivity index (χ4v) is 4.50. The number of hydrogen-bond donors (Lipinski definition) is 2. The zero-order valence-electron chi connectivity index (χ0n) is 16.8. The molecule has 3 aromatic rings. The number of aromatic nitrogens is 2. The number of aryl methyl sites for hydroxylation is 1. The average Bonchev–Trinajstić information content (AvgIpc) is 3.36. The minimum absolute atomic E-state index is 0.0649. The normalized spacial score (nSPS) is 17.5. The highest BCUT2D eigenvalue weighted by Crippen LogP contribution is 2.38. The van der Waals surface area contributed by atoms with Crippen LogP contribution < -0.4 is 25.9 Å². The maximum atomic E-state index is 6.06. The van der Waals surface area contributed by atoms with Crippen molar-refractivity contribution in [2.24, 2.45) is 10.8 Å². The van der Waals surface area contributed by atoms with Crippen LogP contribution in [-0.2, 0) is 13.0 Å². The van der Waals surface area contributed by atoms with Crippen molar-refractivity contribution in [1.29, 1.82) is 0 Å². The molecule has 0 saturated carbocycles. The predicted octanol–water partition coefficient (Wildman–Crippen LogP) is 2.82. The molecule has 9 heteroatoms. The Balaban J connectivity index is 1.70. The second-order valence-corrected chi connectivity index (χ2v) is 8.50. The highest BCUT2D eigenvalue weighted by atomic mass is 32.1. The maximum absolute atomic E-state index is 6.06. The Kier molecular flexibility index (Phi) is 4.56. The molecular weight excluding hydrogens is 400 g/mol. The standard InChI is InChI=1S/C21H22N6O2S/c1-11-5-13(3-4-16(11)23)20-15-8-18-17(28-10-29-18)7-14(15)6-12(2)27(26-20)21-25-24-19(9-22)30-21/h3-5,7-8,12H,6,9-10,22-23H2,1-2H3/t12-/m1/s1. The lowest BCUT2D eigenvalue weighted by Crippen LogP contribution is -2.29. The number of nitrogens with two attached hydrogens (primary N) is 2. The summed E-state index contributed by atoms with van der Waals surface area (Å²) in [6, 6.07) is 10.1. The second kappa shape index (κ2) is 7.26. The summed E-state index contributed by atoms with van der Waals surface area (Å²) in [4.78, 5) is 0. The van der Waals surface area contributed by atoms with Gasteiger partial charge in [-0.15, -0.1) is 10.2 Å². The number of rotatable bonds is 3. The summed E-state index contributed by atoms with van der Waals surface area (Å²) in [5, 5.41) is 17.0. The van der Waals surface area contributed by atoms with Crippen LogP contribution in [0.1, 0.15) is 34.2 Å². The first-order valence-electron chi connectivity index (χ1n) is 9.73. The number of ether oxygens (including phenoxy) is 2. The molecule has 2 aliphatic heterocycles. The van der Waals surface area contributed by atoms with E-state index in [1.807, 2.05) is 30.1 Å². The molecule has 0 saturated heterocycles. The second-order valence-electron chi connectivity index (χ2n) is 7.46. The minimum atomic E-state index is 0.0649. The van der Waals surface area contributed by atoms with Gasteiger partial charge in [0.2, 0.25) is 11.9 Å². The molecule has 2 aliphatic rings. The van der Waals surface area contributed by atoms with Gasteiger partial charge in [-0.2, -0.15) is 5.10 Å². The molecule has 0 unspecified atom stereocenters. The molecule has 0 fully saturated rings. The summed E-state index contributed by atoms with van der Waals surface area (Å²) >= 11 is 1.46. The van der Waals surface area contributed by atoms with Crippen LogP contribution in [0.3, 0.4) is 0 Å². The topological polar surface area (TPSA) is 112 Å². The van der Waals surface area contributed by atoms with E-state index in [4.69, 9.17) is 26.0 Å². The fraction of sp³-hybridized carbons (Fsp3) is 0.286. The molecule has 1 aromatic heterocycles. The van der Waals surface area contributed by atoms with Gasteiger partial charge in [0.15, 0.2) is 11.5 Å². The number of hydrazone groups is 1. The van der Waals surface area contributed by atoms with Gasteiger partial charge in [-0.05, 0) is 55.7 Å². The van der Waals surface area contributed by atoms with Gasteiger partial charge in [0, 0.05) is 23.4 Å². The average molecular weight is 423 g/mol. The van der Waals surface area contributed by atoms with Crippen LogP contribution in [0.5, 0.6) is 11.5 Å². The molecule has 30 heavy (non-hydrogen) atoms. The molecule has 3 heterocycles. The lowest BCUT2D eigenvalue weighted by molar-refractivity contribution is 0.174. The first-order valence-corrected chi connectivity index (χ1v) is 10.5. The Morgan fingerprint density at radius 2 is 1.97 bits per heavy atom. The number of nitrogen functional groups attached to an aromatic ring is 1. The maximum Gasteiger partial charge on any atom is 0.231 e. The Morgan fingerprint density at radius 1 is 1.17 bits per heavy atom. The number of nitrogens with zero attached hydrogens (tertiary/aromatic N) is 4. The SMILES string of the molecule is Cc1cc(C2=NN(c3nnc(CN)s3)[C@H](C)Cc3cc4c(cc32)OCO4)ccc1N. The van der Waals surface area contributed by atoms with E-state index in [2.05, 4.69) is 29.3 Å². The molecule has 154 valence electrons. The van der Waals surface area contributed by atoms with E-state index < -0.39 is 0 Å². The van der Waals surface area contributed by atoms with Gasteiger partial charge in [-0.3, -0.25) is 0 Å². The summed E-state index contributed by atoms with van der Waals surface area (Å²) in [5.41, 5.74) is 17.5. The van der Waals surface area contributed by atoms with Crippen molar-refractivity contribution in [3.8, 4) is 11.5 Å². The molecule has 0 bridgehead atoms. The molecular formula is C21H22N6O2S. The lowest BCUT2D eigenvalue weighted by Gasteiger charge is -2.22. The van der Waals surface area contributed by atoms with Gasteiger partial charge in [-0.25, -0.2) is 5.01 Å². The van der Waals surface area contributed by atoms with Crippen LogP contribution in [0, 0.1) is 6.92 Å². The van der Waals surface area contributed by atoms with Crippen molar-refractivity contribution in [3.05, 3.63) is 57.6 Å². The molecule has 4 N–H and O–H groups in total. The quantitative estimate of drug-likeness (QED) is 0.624. The third kappa shape index (κ3) is 3.16. The van der Waals surface area contributed by atoms with Crippen LogP contribution in [-0.4, -0.2) is 28.7 Å². The van der Waals surface area contributed by atoms with E-state index >= 15 is 0 Å². The van der Waals surface area contributed by atoms with Crippen LogP contribution >= 0.6 is 11.3 Å². The van der Waals surface area contributed by atoms with Crippen molar-refractivity contribution in [1.82, 2.24) is 10.2 Å². The number of anilines is 2. The van der Waals surface area contributed by atoms with Crippen molar-refractivity contribution in [2.45, 2.75) is 32.9 Å². The fourth-order valence-electron chi connectivity index (χ4n) is 3.73. The number of fused-ring (bicyclic) bond motifs is 2. The lowest BCUT2D eigenvalue weighted by atomic mass is 9.93. The molecule has 5 rings (SSSR count). The van der Waals surface area contributed by atoms with Crippen LogP contribution in [0.25, 0.3) is 0 Å². The highest BCUT2D eigenvalue weighted by molar-refractivity contribution is 7.15. The molecule has 0 radical (unpaired) electrons. The predicted molar refractivity (Wildman–Crippen MR) is 117 cm³/mol. The Labute approximate surface area is 178 Å². The van der Waals surface area contributed by atoms with E-state index in [9.17, 15) is 0 Å².